The van der Waals surface area contributed by atoms with Gasteiger partial charge in [0.15, 0.2) is 11.3 Å². The number of alkyl halides is 3. The molecule has 0 aromatic carbocycles. The van der Waals surface area contributed by atoms with Crippen molar-refractivity contribution in [2.45, 2.75) is 36.0 Å². The fourth-order valence-electron chi connectivity index (χ4n) is 2.25. The van der Waals surface area contributed by atoms with Crippen molar-refractivity contribution in [2.75, 3.05) is 19.8 Å². The molecule has 0 spiro atoms. The average molecular weight is 282 g/mol. The van der Waals surface area contributed by atoms with Crippen LogP contribution in [-0.4, -0.2) is 71.0 Å². The van der Waals surface area contributed by atoms with Gasteiger partial charge in [-0.25, -0.2) is 13.2 Å². The van der Waals surface area contributed by atoms with E-state index in [-0.39, 0.29) is 13.1 Å². The van der Waals surface area contributed by atoms with Crippen LogP contribution in [0.25, 0.3) is 0 Å². The summed E-state index contributed by atoms with van der Waals surface area (Å²) in [4.78, 5) is 5.82. The van der Waals surface area contributed by atoms with E-state index in [1.807, 2.05) is 0 Å². The number of ether oxygens (including phenoxy) is 1. The van der Waals surface area contributed by atoms with Crippen LogP contribution in [0.5, 0.6) is 0 Å². The minimum Gasteiger partial charge on any atom is -0.387 e. The molecule has 0 aromatic heterocycles. The molecule has 8 heteroatoms. The zero-order valence-corrected chi connectivity index (χ0v) is 10.2. The number of thioether (sulfide) groups is 1. The van der Waals surface area contributed by atoms with Gasteiger partial charge in [0.2, 0.25) is 0 Å². The Hall–Kier alpha value is -0.470. The van der Waals surface area contributed by atoms with Crippen molar-refractivity contribution in [3.05, 3.63) is 0 Å². The lowest BCUT2D eigenvalue weighted by molar-refractivity contribution is -0.136. The Labute approximate surface area is 106 Å². The van der Waals surface area contributed by atoms with Crippen LogP contribution < -0.4 is 0 Å². The van der Waals surface area contributed by atoms with Gasteiger partial charge in [-0.15, -0.1) is 0 Å². The highest BCUT2D eigenvalue weighted by Gasteiger charge is 2.50. The van der Waals surface area contributed by atoms with E-state index in [0.29, 0.717) is 5.17 Å². The van der Waals surface area contributed by atoms with Gasteiger partial charge in [0, 0.05) is 0 Å². The monoisotopic (exact) mass is 282 g/mol. The molecule has 5 unspecified atom stereocenters. The van der Waals surface area contributed by atoms with Gasteiger partial charge in [-0.3, -0.25) is 4.99 Å². The Bertz CT molecular complexity index is 367. The third-order valence-corrected chi connectivity index (χ3v) is 4.56. The largest absolute Gasteiger partial charge is 0.387 e. The molecule has 3 aliphatic heterocycles. The fraction of sp³-hybridized carbons (Fsp3) is 0.900. The predicted molar refractivity (Wildman–Crippen MR) is 60.8 cm³/mol. The molecule has 0 bridgehead atoms. The van der Waals surface area contributed by atoms with Crippen LogP contribution in [-0.2, 0) is 4.74 Å². The number of hydrogen-bond acceptors (Lipinski definition) is 5. The zero-order chi connectivity index (χ0) is 12.9. The second-order valence-corrected chi connectivity index (χ2v) is 5.72. The number of likely N-dealkylation sites (tertiary alicyclic amines) is 1. The lowest BCUT2D eigenvalue weighted by atomic mass is 10.0. The van der Waals surface area contributed by atoms with Crippen molar-refractivity contribution >= 4 is 16.9 Å². The predicted octanol–water partition coefficient (Wildman–Crippen LogP) is 0.505. The molecule has 102 valence electrons. The molecular formula is C10H13F3N2O2S. The summed E-state index contributed by atoms with van der Waals surface area (Å²) in [6, 6.07) is -0.832. The zero-order valence-electron chi connectivity index (χ0n) is 9.38. The van der Waals surface area contributed by atoms with Gasteiger partial charge < -0.3 is 14.7 Å². The Kier molecular flexibility index (Phi) is 3.19. The number of nitrogens with zero attached hydrogens (tertiary/aromatic N) is 2. The summed E-state index contributed by atoms with van der Waals surface area (Å²) < 4.78 is 44.5. The van der Waals surface area contributed by atoms with Gasteiger partial charge in [-0.1, -0.05) is 11.8 Å². The summed E-state index contributed by atoms with van der Waals surface area (Å²) >= 11 is 1.17. The molecule has 1 N–H and O–H groups in total. The maximum Gasteiger partial charge on any atom is 0.162 e. The number of halogens is 3. The number of hydrogen-bond donors (Lipinski definition) is 1. The number of aliphatic hydroxyl groups is 1. The van der Waals surface area contributed by atoms with Crippen molar-refractivity contribution in [1.29, 1.82) is 0 Å². The minimum absolute atomic E-state index is 0.247. The van der Waals surface area contributed by atoms with Crippen LogP contribution in [0, 0.1) is 0 Å². The van der Waals surface area contributed by atoms with Crippen molar-refractivity contribution in [2.24, 2.45) is 4.99 Å². The normalized spacial score (nSPS) is 44.6. The summed E-state index contributed by atoms with van der Waals surface area (Å²) in [5, 5.41) is 10.1. The van der Waals surface area contributed by atoms with E-state index < -0.39 is 42.7 Å². The van der Waals surface area contributed by atoms with Gasteiger partial charge in [0.1, 0.15) is 36.5 Å². The highest BCUT2D eigenvalue weighted by Crippen LogP contribution is 2.39. The van der Waals surface area contributed by atoms with E-state index in [1.165, 1.54) is 11.8 Å². The van der Waals surface area contributed by atoms with Crippen LogP contribution in [0.1, 0.15) is 0 Å². The molecule has 0 aromatic rings. The number of fused-ring (bicyclic) bond motifs is 1. The van der Waals surface area contributed by atoms with E-state index in [1.54, 1.807) is 4.90 Å². The molecule has 0 aliphatic carbocycles. The molecular weight excluding hydrogens is 269 g/mol. The second kappa shape index (κ2) is 4.57. The smallest absolute Gasteiger partial charge is 0.162 e. The summed E-state index contributed by atoms with van der Waals surface area (Å²) in [5.74, 6) is 0. The number of aliphatic imine (C=N–C) groups is 1. The minimum atomic E-state index is -1.64. The first-order valence-corrected chi connectivity index (χ1v) is 6.65. The topological polar surface area (TPSA) is 45.1 Å². The van der Waals surface area contributed by atoms with Crippen molar-refractivity contribution < 1.29 is 23.0 Å². The Balaban J connectivity index is 1.71. The molecule has 3 rings (SSSR count). The molecule has 2 saturated heterocycles. The molecule has 0 amide bonds. The summed E-state index contributed by atoms with van der Waals surface area (Å²) in [6.45, 7) is -0.439. The van der Waals surface area contributed by atoms with Crippen LogP contribution in [0.4, 0.5) is 13.2 Å². The number of aliphatic hydroxyl groups excluding tert-OH is 1. The van der Waals surface area contributed by atoms with E-state index in [4.69, 9.17) is 4.74 Å². The first-order valence-electron chi connectivity index (χ1n) is 5.77. The first kappa shape index (κ1) is 12.6. The van der Waals surface area contributed by atoms with Crippen LogP contribution >= 0.6 is 11.8 Å². The highest BCUT2D eigenvalue weighted by molar-refractivity contribution is 8.14. The summed E-state index contributed by atoms with van der Waals surface area (Å²) in [7, 11) is 0. The molecule has 0 radical (unpaired) electrons. The third kappa shape index (κ3) is 1.90. The lowest BCUT2D eigenvalue weighted by Gasteiger charge is -2.36. The second-order valence-electron chi connectivity index (χ2n) is 4.65. The van der Waals surface area contributed by atoms with Crippen molar-refractivity contribution in [1.82, 2.24) is 4.90 Å². The molecule has 4 nitrogen and oxygen atoms in total. The third-order valence-electron chi connectivity index (χ3n) is 3.36. The van der Waals surface area contributed by atoms with Gasteiger partial charge in [0.05, 0.1) is 13.1 Å². The Morgan fingerprint density at radius 1 is 1.44 bits per heavy atom. The van der Waals surface area contributed by atoms with Crippen molar-refractivity contribution in [3.8, 4) is 0 Å². The molecule has 3 aliphatic rings. The van der Waals surface area contributed by atoms with E-state index in [9.17, 15) is 18.3 Å². The maximum absolute atomic E-state index is 13.9. The van der Waals surface area contributed by atoms with Crippen LogP contribution in [0.2, 0.25) is 0 Å². The van der Waals surface area contributed by atoms with E-state index >= 15 is 0 Å². The quantitative estimate of drug-likeness (QED) is 0.761. The molecule has 0 saturated carbocycles. The molecule has 2 fully saturated rings. The highest BCUT2D eigenvalue weighted by atomic mass is 32.2. The van der Waals surface area contributed by atoms with Gasteiger partial charge in [-0.05, 0) is 0 Å². The van der Waals surface area contributed by atoms with Crippen molar-refractivity contribution in [3.63, 3.8) is 0 Å². The molecule has 3 heterocycles. The first-order chi connectivity index (χ1) is 8.60. The number of rotatable bonds is 1. The summed E-state index contributed by atoms with van der Waals surface area (Å²) in [6.07, 6.45) is -5.15. The summed E-state index contributed by atoms with van der Waals surface area (Å²) in [5.41, 5.74) is -0.627. The van der Waals surface area contributed by atoms with E-state index in [0.717, 1.165) is 0 Å². The van der Waals surface area contributed by atoms with E-state index in [2.05, 4.69) is 4.99 Å². The fourth-order valence-corrected chi connectivity index (χ4v) is 3.48. The van der Waals surface area contributed by atoms with Crippen LogP contribution in [0.15, 0.2) is 4.99 Å². The Morgan fingerprint density at radius 2 is 2.17 bits per heavy atom. The molecule has 5 atom stereocenters. The molecule has 18 heavy (non-hydrogen) atoms. The standard InChI is InChI=1S/C10H13F3N2O2S/c11-1-5-8(16)6(13)7-9(17-5)18-10(14-7)15-2-4(12)3-15/h4-9,16H,1-3H2. The SMILES string of the molecule is OC1C(CF)OC2SC(N3CC(F)C3)=NC2C1F. The Morgan fingerprint density at radius 3 is 2.78 bits per heavy atom. The van der Waals surface area contributed by atoms with Gasteiger partial charge in [-0.2, -0.15) is 0 Å². The average Bonchev–Trinajstić information content (AvgIpc) is 2.73. The van der Waals surface area contributed by atoms with Crippen LogP contribution in [0.3, 0.4) is 0 Å². The van der Waals surface area contributed by atoms with Gasteiger partial charge in [0.25, 0.3) is 0 Å². The maximum atomic E-state index is 13.9. The lowest BCUT2D eigenvalue weighted by Crippen LogP contribution is -2.53. The van der Waals surface area contributed by atoms with Gasteiger partial charge >= 0.3 is 0 Å². The number of amidine groups is 1.